The number of likely N-dealkylation sites (tertiary alicyclic amines) is 1. The summed E-state index contributed by atoms with van der Waals surface area (Å²) in [6, 6.07) is 0. The Morgan fingerprint density at radius 1 is 1.59 bits per heavy atom. The third-order valence-corrected chi connectivity index (χ3v) is 4.00. The molecule has 94 valence electrons. The van der Waals surface area contributed by atoms with E-state index in [2.05, 4.69) is 4.98 Å². The highest BCUT2D eigenvalue weighted by Crippen LogP contribution is 2.29. The molecule has 2 rings (SSSR count). The van der Waals surface area contributed by atoms with E-state index in [9.17, 15) is 4.79 Å². The first-order valence-corrected chi connectivity index (χ1v) is 6.30. The molecular weight excluding hydrogens is 238 g/mol. The highest BCUT2D eigenvalue weighted by atomic mass is 32.1. The molecule has 0 bridgehead atoms. The molecule has 0 radical (unpaired) electrons. The Morgan fingerprint density at radius 3 is 2.71 bits per heavy atom. The summed E-state index contributed by atoms with van der Waals surface area (Å²) in [5, 5.41) is 10.2. The van der Waals surface area contributed by atoms with Crippen LogP contribution >= 0.6 is 11.3 Å². The van der Waals surface area contributed by atoms with Crippen molar-refractivity contribution in [1.82, 2.24) is 9.88 Å². The summed E-state index contributed by atoms with van der Waals surface area (Å²) >= 11 is 1.62. The minimum atomic E-state index is 0. The number of piperidine rings is 1. The Bertz CT molecular complexity index is 397. The van der Waals surface area contributed by atoms with Crippen LogP contribution in [0.2, 0.25) is 0 Å². The monoisotopic (exact) mass is 255 g/mol. The summed E-state index contributed by atoms with van der Waals surface area (Å²) < 4.78 is 0. The van der Waals surface area contributed by atoms with Crippen LogP contribution in [0.1, 0.15) is 36.4 Å². The fourth-order valence-corrected chi connectivity index (χ4v) is 2.94. The van der Waals surface area contributed by atoms with Gasteiger partial charge in [-0.15, -0.1) is 11.3 Å². The summed E-state index contributed by atoms with van der Waals surface area (Å²) in [6.07, 6.45) is 3.26. The molecule has 1 saturated heterocycles. The van der Waals surface area contributed by atoms with Gasteiger partial charge in [0.25, 0.3) is 0 Å². The topological polar surface area (TPSA) is 88.6 Å². The van der Waals surface area contributed by atoms with E-state index < -0.39 is 0 Å². The maximum absolute atomic E-state index is 11.2. The SMILES string of the molecule is CC(=O)N1CCC(c2nc(C=N)cs2)CC1.O. The van der Waals surface area contributed by atoms with Crippen LogP contribution in [0, 0.1) is 5.41 Å². The first-order chi connectivity index (χ1) is 7.70. The second-order valence-corrected chi connectivity index (χ2v) is 4.92. The van der Waals surface area contributed by atoms with E-state index in [1.807, 2.05) is 10.3 Å². The van der Waals surface area contributed by atoms with Crippen molar-refractivity contribution in [3.05, 3.63) is 16.1 Å². The van der Waals surface area contributed by atoms with Crippen LogP contribution in [0.4, 0.5) is 0 Å². The van der Waals surface area contributed by atoms with Crippen molar-refractivity contribution < 1.29 is 10.3 Å². The Hall–Kier alpha value is -1.27. The first kappa shape index (κ1) is 13.8. The Labute approximate surface area is 104 Å². The second kappa shape index (κ2) is 5.88. The Balaban J connectivity index is 0.00000144. The number of hydrogen-bond donors (Lipinski definition) is 1. The number of hydrogen-bond acceptors (Lipinski definition) is 4. The number of nitrogens with one attached hydrogen (secondary N) is 1. The maximum atomic E-state index is 11.2. The van der Waals surface area contributed by atoms with Gasteiger partial charge in [0.1, 0.15) is 0 Å². The first-order valence-electron chi connectivity index (χ1n) is 5.42. The average molecular weight is 255 g/mol. The third kappa shape index (κ3) is 3.10. The van der Waals surface area contributed by atoms with Crippen LogP contribution in [0.25, 0.3) is 0 Å². The lowest BCUT2D eigenvalue weighted by atomic mass is 9.97. The van der Waals surface area contributed by atoms with Crippen LogP contribution in [0.15, 0.2) is 5.38 Å². The van der Waals surface area contributed by atoms with Gasteiger partial charge in [-0.3, -0.25) is 4.79 Å². The maximum Gasteiger partial charge on any atom is 0.219 e. The number of amides is 1. The van der Waals surface area contributed by atoms with Crippen molar-refractivity contribution in [2.75, 3.05) is 13.1 Å². The minimum absolute atomic E-state index is 0. The summed E-state index contributed by atoms with van der Waals surface area (Å²) in [5.41, 5.74) is 0.744. The lowest BCUT2D eigenvalue weighted by molar-refractivity contribution is -0.129. The fraction of sp³-hybridized carbons (Fsp3) is 0.545. The molecule has 6 heteroatoms. The number of carbonyl (C=O) groups excluding carboxylic acids is 1. The molecule has 0 aliphatic carbocycles. The van der Waals surface area contributed by atoms with Crippen molar-refractivity contribution in [3.63, 3.8) is 0 Å². The Kier molecular flexibility index (Phi) is 4.77. The van der Waals surface area contributed by atoms with Gasteiger partial charge in [-0.1, -0.05) is 0 Å². The molecule has 0 saturated carbocycles. The molecule has 0 atom stereocenters. The zero-order valence-corrected chi connectivity index (χ0v) is 10.6. The summed E-state index contributed by atoms with van der Waals surface area (Å²) in [4.78, 5) is 17.5. The van der Waals surface area contributed by atoms with Gasteiger partial charge in [-0.2, -0.15) is 0 Å². The quantitative estimate of drug-likeness (QED) is 0.800. The van der Waals surface area contributed by atoms with Crippen molar-refractivity contribution in [2.45, 2.75) is 25.7 Å². The van der Waals surface area contributed by atoms with E-state index in [4.69, 9.17) is 5.41 Å². The summed E-state index contributed by atoms with van der Waals surface area (Å²) in [6.45, 7) is 3.29. The molecular formula is C11H17N3O2S. The van der Waals surface area contributed by atoms with Gasteiger partial charge in [0.2, 0.25) is 5.91 Å². The van der Waals surface area contributed by atoms with E-state index in [0.717, 1.165) is 36.6 Å². The number of aromatic nitrogens is 1. The van der Waals surface area contributed by atoms with Gasteiger partial charge < -0.3 is 15.8 Å². The molecule has 1 amide bonds. The largest absolute Gasteiger partial charge is 0.412 e. The number of carbonyl (C=O) groups is 1. The highest BCUT2D eigenvalue weighted by Gasteiger charge is 2.23. The molecule has 1 aromatic heterocycles. The predicted molar refractivity (Wildman–Crippen MR) is 67.8 cm³/mol. The zero-order valence-electron chi connectivity index (χ0n) is 9.77. The number of rotatable bonds is 2. The number of thiazole rings is 1. The molecule has 3 N–H and O–H groups in total. The lowest BCUT2D eigenvalue weighted by Crippen LogP contribution is -2.36. The molecule has 17 heavy (non-hydrogen) atoms. The van der Waals surface area contributed by atoms with Gasteiger partial charge in [0.05, 0.1) is 10.7 Å². The molecule has 1 aromatic rings. The van der Waals surface area contributed by atoms with Gasteiger partial charge >= 0.3 is 0 Å². The fourth-order valence-electron chi connectivity index (χ4n) is 2.00. The normalized spacial score (nSPS) is 16.4. The van der Waals surface area contributed by atoms with Crippen molar-refractivity contribution >= 4 is 23.5 Å². The van der Waals surface area contributed by atoms with E-state index in [0.29, 0.717) is 5.92 Å². The molecule has 1 fully saturated rings. The van der Waals surface area contributed by atoms with Gasteiger partial charge in [-0.25, -0.2) is 4.98 Å². The smallest absolute Gasteiger partial charge is 0.219 e. The van der Waals surface area contributed by atoms with Crippen LogP contribution < -0.4 is 0 Å². The van der Waals surface area contributed by atoms with E-state index >= 15 is 0 Å². The van der Waals surface area contributed by atoms with E-state index in [1.165, 1.54) is 6.21 Å². The minimum Gasteiger partial charge on any atom is -0.412 e. The molecule has 0 spiro atoms. The Morgan fingerprint density at radius 2 is 2.24 bits per heavy atom. The van der Waals surface area contributed by atoms with Gasteiger partial charge in [-0.05, 0) is 12.8 Å². The molecule has 0 aromatic carbocycles. The van der Waals surface area contributed by atoms with Gasteiger partial charge in [0, 0.05) is 37.5 Å². The van der Waals surface area contributed by atoms with Gasteiger partial charge in [0.15, 0.2) is 0 Å². The summed E-state index contributed by atoms with van der Waals surface area (Å²) in [5.74, 6) is 0.632. The van der Waals surface area contributed by atoms with E-state index in [-0.39, 0.29) is 11.4 Å². The predicted octanol–water partition coefficient (Wildman–Crippen LogP) is 1.04. The second-order valence-electron chi connectivity index (χ2n) is 4.04. The van der Waals surface area contributed by atoms with Crippen molar-refractivity contribution in [3.8, 4) is 0 Å². The number of nitrogens with zero attached hydrogens (tertiary/aromatic N) is 2. The van der Waals surface area contributed by atoms with Crippen LogP contribution in [-0.4, -0.2) is 40.6 Å². The van der Waals surface area contributed by atoms with E-state index in [1.54, 1.807) is 18.3 Å². The third-order valence-electron chi connectivity index (χ3n) is 2.98. The molecule has 0 unspecified atom stereocenters. The standard InChI is InChI=1S/C11H15N3OS.H2O/c1-8(15)14-4-2-9(3-5-14)11-13-10(6-12)7-16-11;/h6-7,9,12H,2-5H2,1H3;1H2. The molecule has 2 heterocycles. The highest BCUT2D eigenvalue weighted by molar-refractivity contribution is 7.09. The van der Waals surface area contributed by atoms with Crippen LogP contribution in [0.3, 0.4) is 0 Å². The summed E-state index contributed by atoms with van der Waals surface area (Å²) in [7, 11) is 0. The molecule has 1 aliphatic rings. The zero-order chi connectivity index (χ0) is 11.5. The van der Waals surface area contributed by atoms with Crippen LogP contribution in [0.5, 0.6) is 0 Å². The molecule has 1 aliphatic heterocycles. The average Bonchev–Trinajstić information content (AvgIpc) is 2.77. The van der Waals surface area contributed by atoms with Crippen molar-refractivity contribution in [1.29, 1.82) is 5.41 Å². The molecule has 5 nitrogen and oxygen atoms in total. The lowest BCUT2D eigenvalue weighted by Gasteiger charge is -2.30. The van der Waals surface area contributed by atoms with Crippen molar-refractivity contribution in [2.24, 2.45) is 0 Å². The van der Waals surface area contributed by atoms with Crippen LogP contribution in [-0.2, 0) is 4.79 Å².